The summed E-state index contributed by atoms with van der Waals surface area (Å²) in [6, 6.07) is 26.6. The number of para-hydroxylation sites is 2. The van der Waals surface area contributed by atoms with Crippen LogP contribution in [0.1, 0.15) is 11.1 Å². The van der Waals surface area contributed by atoms with E-state index in [9.17, 15) is 21.6 Å². The Balaban J connectivity index is 1.43. The highest BCUT2D eigenvalue weighted by molar-refractivity contribution is 7.92. The number of aryl methyl sites for hydroxylation is 2. The van der Waals surface area contributed by atoms with Crippen molar-refractivity contribution in [3.63, 3.8) is 0 Å². The van der Waals surface area contributed by atoms with Crippen molar-refractivity contribution < 1.29 is 26.4 Å². The van der Waals surface area contributed by atoms with Crippen molar-refractivity contribution in [3.8, 4) is 11.5 Å². The van der Waals surface area contributed by atoms with E-state index in [2.05, 4.69) is 10.0 Å². The lowest BCUT2D eigenvalue weighted by atomic mass is 10.1. The van der Waals surface area contributed by atoms with Gasteiger partial charge in [-0.25, -0.2) is 16.8 Å². The molecule has 0 fully saturated rings. The van der Waals surface area contributed by atoms with Gasteiger partial charge in [0.15, 0.2) is 0 Å². The van der Waals surface area contributed by atoms with Crippen LogP contribution in [0.5, 0.6) is 11.5 Å². The SMILES string of the molecule is Cc1cccc(C)c1NS(=O)(=O)c1ccc(NC(=O)CN(c2ccc(Oc3ccccc3)cc2)S(C)(=O)=O)cc1. The Bertz CT molecular complexity index is 1690. The van der Waals surface area contributed by atoms with E-state index in [1.165, 1.54) is 24.3 Å². The average Bonchev–Trinajstić information content (AvgIpc) is 2.90. The van der Waals surface area contributed by atoms with Crippen LogP contribution in [0.15, 0.2) is 102 Å². The molecule has 0 radical (unpaired) electrons. The molecule has 0 aromatic heterocycles. The molecule has 0 spiro atoms. The minimum Gasteiger partial charge on any atom is -0.457 e. The molecule has 0 heterocycles. The zero-order chi connectivity index (χ0) is 28.9. The number of carbonyl (C=O) groups is 1. The molecule has 4 rings (SSSR count). The molecule has 0 bridgehead atoms. The fourth-order valence-corrected chi connectivity index (χ4v) is 5.98. The zero-order valence-corrected chi connectivity index (χ0v) is 23.8. The van der Waals surface area contributed by atoms with Crippen LogP contribution in [0, 0.1) is 13.8 Å². The van der Waals surface area contributed by atoms with Gasteiger partial charge in [0.25, 0.3) is 10.0 Å². The van der Waals surface area contributed by atoms with Gasteiger partial charge in [0, 0.05) is 5.69 Å². The maximum atomic E-state index is 12.9. The molecule has 11 heteroatoms. The maximum absolute atomic E-state index is 12.9. The van der Waals surface area contributed by atoms with Crippen molar-refractivity contribution >= 4 is 43.0 Å². The Morgan fingerprint density at radius 1 is 0.750 bits per heavy atom. The lowest BCUT2D eigenvalue weighted by molar-refractivity contribution is -0.114. The monoisotopic (exact) mass is 579 g/mol. The van der Waals surface area contributed by atoms with Crippen molar-refractivity contribution in [1.29, 1.82) is 0 Å². The van der Waals surface area contributed by atoms with Crippen LogP contribution in [0.3, 0.4) is 0 Å². The van der Waals surface area contributed by atoms with Crippen LogP contribution < -0.4 is 19.1 Å². The van der Waals surface area contributed by atoms with Gasteiger partial charge < -0.3 is 10.1 Å². The van der Waals surface area contributed by atoms with Gasteiger partial charge in [-0.05, 0) is 85.6 Å². The first kappa shape index (κ1) is 28.7. The number of carbonyl (C=O) groups excluding carboxylic acids is 1. The average molecular weight is 580 g/mol. The summed E-state index contributed by atoms with van der Waals surface area (Å²) in [5.74, 6) is 0.545. The highest BCUT2D eigenvalue weighted by Crippen LogP contribution is 2.26. The van der Waals surface area contributed by atoms with Crippen LogP contribution in [-0.2, 0) is 24.8 Å². The summed E-state index contributed by atoms with van der Waals surface area (Å²) in [4.78, 5) is 12.8. The molecule has 4 aromatic carbocycles. The van der Waals surface area contributed by atoms with E-state index in [0.29, 0.717) is 22.9 Å². The first-order valence-electron chi connectivity index (χ1n) is 12.2. The number of anilines is 3. The second kappa shape index (κ2) is 11.8. The maximum Gasteiger partial charge on any atom is 0.261 e. The summed E-state index contributed by atoms with van der Waals surface area (Å²) < 4.78 is 60.1. The molecule has 0 aliphatic carbocycles. The van der Waals surface area contributed by atoms with Gasteiger partial charge in [-0.2, -0.15) is 0 Å². The van der Waals surface area contributed by atoms with Gasteiger partial charge >= 0.3 is 0 Å². The number of hydrogen-bond donors (Lipinski definition) is 2. The molecule has 0 aliphatic rings. The molecule has 0 aliphatic heterocycles. The van der Waals surface area contributed by atoms with E-state index in [-0.39, 0.29) is 10.6 Å². The lowest BCUT2D eigenvalue weighted by Crippen LogP contribution is -2.37. The summed E-state index contributed by atoms with van der Waals surface area (Å²) in [7, 11) is -7.66. The Labute approximate surface area is 234 Å². The number of nitrogens with one attached hydrogen (secondary N) is 2. The molecule has 208 valence electrons. The third-order valence-electron chi connectivity index (χ3n) is 5.96. The Hall–Kier alpha value is -4.35. The van der Waals surface area contributed by atoms with E-state index in [1.807, 2.05) is 50.2 Å². The van der Waals surface area contributed by atoms with E-state index in [1.54, 1.807) is 36.4 Å². The summed E-state index contributed by atoms with van der Waals surface area (Å²) in [5, 5.41) is 2.62. The molecule has 40 heavy (non-hydrogen) atoms. The minimum absolute atomic E-state index is 0.0173. The number of rotatable bonds is 10. The molecule has 0 saturated heterocycles. The number of sulfonamides is 2. The largest absolute Gasteiger partial charge is 0.457 e. The van der Waals surface area contributed by atoms with Crippen molar-refractivity contribution in [1.82, 2.24) is 0 Å². The van der Waals surface area contributed by atoms with Crippen LogP contribution >= 0.6 is 0 Å². The van der Waals surface area contributed by atoms with Gasteiger partial charge in [-0.15, -0.1) is 0 Å². The second-order valence-electron chi connectivity index (χ2n) is 9.12. The summed E-state index contributed by atoms with van der Waals surface area (Å²) in [5.41, 5.74) is 2.70. The van der Waals surface area contributed by atoms with E-state index >= 15 is 0 Å². The second-order valence-corrected chi connectivity index (χ2v) is 12.7. The molecular formula is C29H29N3O6S2. The highest BCUT2D eigenvalue weighted by Gasteiger charge is 2.22. The van der Waals surface area contributed by atoms with Gasteiger partial charge in [0.2, 0.25) is 15.9 Å². The molecule has 0 saturated carbocycles. The predicted octanol–water partition coefficient (Wildman–Crippen LogP) is 5.30. The summed E-state index contributed by atoms with van der Waals surface area (Å²) in [6.45, 7) is 3.15. The van der Waals surface area contributed by atoms with Crippen molar-refractivity contribution in [2.24, 2.45) is 0 Å². The highest BCUT2D eigenvalue weighted by atomic mass is 32.2. The zero-order valence-electron chi connectivity index (χ0n) is 22.2. The molecule has 0 atom stereocenters. The predicted molar refractivity (Wildman–Crippen MR) is 157 cm³/mol. The van der Waals surface area contributed by atoms with Crippen LogP contribution in [0.4, 0.5) is 17.1 Å². The third-order valence-corrected chi connectivity index (χ3v) is 8.46. The van der Waals surface area contributed by atoms with Crippen molar-refractivity contribution in [2.75, 3.05) is 27.1 Å². The van der Waals surface area contributed by atoms with Gasteiger partial charge in [-0.1, -0.05) is 36.4 Å². The number of hydrogen-bond acceptors (Lipinski definition) is 6. The number of amides is 1. The summed E-state index contributed by atoms with van der Waals surface area (Å²) >= 11 is 0. The quantitative estimate of drug-likeness (QED) is 0.263. The third kappa shape index (κ3) is 7.19. The minimum atomic E-state index is -3.86. The fraction of sp³-hybridized carbons (Fsp3) is 0.138. The van der Waals surface area contributed by atoms with Crippen LogP contribution in [-0.4, -0.2) is 35.5 Å². The first-order chi connectivity index (χ1) is 18.9. The normalized spacial score (nSPS) is 11.5. The molecule has 9 nitrogen and oxygen atoms in total. The van der Waals surface area contributed by atoms with Gasteiger partial charge in [0.1, 0.15) is 18.0 Å². The smallest absolute Gasteiger partial charge is 0.261 e. The van der Waals surface area contributed by atoms with E-state index in [4.69, 9.17) is 4.74 Å². The summed E-state index contributed by atoms with van der Waals surface area (Å²) in [6.07, 6.45) is 1.01. The van der Waals surface area contributed by atoms with E-state index in [0.717, 1.165) is 21.7 Å². The molecule has 0 unspecified atom stereocenters. The fourth-order valence-electron chi connectivity index (χ4n) is 3.92. The van der Waals surface area contributed by atoms with Crippen molar-refractivity contribution in [3.05, 3.63) is 108 Å². The van der Waals surface area contributed by atoms with Crippen LogP contribution in [0.25, 0.3) is 0 Å². The molecule has 4 aromatic rings. The molecular weight excluding hydrogens is 550 g/mol. The molecule has 1 amide bonds. The number of nitrogens with zero attached hydrogens (tertiary/aromatic N) is 1. The van der Waals surface area contributed by atoms with Crippen molar-refractivity contribution in [2.45, 2.75) is 18.7 Å². The van der Waals surface area contributed by atoms with Gasteiger partial charge in [0.05, 0.1) is 22.5 Å². The first-order valence-corrected chi connectivity index (χ1v) is 15.6. The standard InChI is InChI=1S/C29H29N3O6S2/c1-21-8-7-9-22(2)29(21)31-40(36,37)27-18-12-23(13-19-27)30-28(33)20-32(39(3,34)35)24-14-16-26(17-15-24)38-25-10-5-4-6-11-25/h4-19,31H,20H2,1-3H3,(H,30,33). The number of benzene rings is 4. The Morgan fingerprint density at radius 2 is 1.32 bits per heavy atom. The molecule has 2 N–H and O–H groups in total. The van der Waals surface area contributed by atoms with Gasteiger partial charge in [-0.3, -0.25) is 13.8 Å². The van der Waals surface area contributed by atoms with E-state index < -0.39 is 32.5 Å². The Morgan fingerprint density at radius 3 is 1.90 bits per heavy atom. The Kier molecular flexibility index (Phi) is 8.46. The topological polar surface area (TPSA) is 122 Å². The lowest BCUT2D eigenvalue weighted by Gasteiger charge is -2.22. The number of ether oxygens (including phenoxy) is 1. The van der Waals surface area contributed by atoms with Crippen LogP contribution in [0.2, 0.25) is 0 Å².